The van der Waals surface area contributed by atoms with Crippen molar-refractivity contribution in [3.63, 3.8) is 0 Å². The maximum atomic E-state index is 12.2. The topological polar surface area (TPSA) is 29.5 Å². The molecule has 2 aliphatic carbocycles. The minimum absolute atomic E-state index is 0.0318. The second-order valence-electron chi connectivity index (χ2n) is 7.07. The van der Waals surface area contributed by atoms with Crippen molar-refractivity contribution in [2.45, 2.75) is 70.3 Å². The van der Waals surface area contributed by atoms with Crippen LogP contribution in [0.2, 0.25) is 0 Å². The first kappa shape index (κ1) is 14.4. The minimum atomic E-state index is 0.0318. The molecule has 20 heavy (non-hydrogen) atoms. The van der Waals surface area contributed by atoms with E-state index in [1.165, 1.54) is 64.5 Å². The number of carbonyl (C=O) groups is 1. The van der Waals surface area contributed by atoms with E-state index < -0.39 is 0 Å². The molecule has 3 rings (SSSR count). The molecule has 0 aromatic rings. The maximum Gasteiger partial charge on any atom is 0.307 e. The molecule has 1 aliphatic heterocycles. The van der Waals surface area contributed by atoms with Crippen LogP contribution in [0.4, 0.5) is 0 Å². The molecular weight excluding hydrogens is 250 g/mol. The summed E-state index contributed by atoms with van der Waals surface area (Å²) >= 11 is 0. The normalized spacial score (nSPS) is 37.9. The quantitative estimate of drug-likeness (QED) is 0.739. The Morgan fingerprint density at radius 3 is 2.50 bits per heavy atom. The van der Waals surface area contributed by atoms with Gasteiger partial charge in [-0.05, 0) is 64.0 Å². The molecule has 2 bridgehead atoms. The Bertz CT molecular complexity index is 349. The van der Waals surface area contributed by atoms with Crippen molar-refractivity contribution in [3.05, 3.63) is 0 Å². The van der Waals surface area contributed by atoms with Crippen LogP contribution in [-0.4, -0.2) is 36.1 Å². The molecule has 0 aromatic carbocycles. The number of nitrogens with zero attached hydrogens (tertiary/aromatic N) is 1. The zero-order valence-electron chi connectivity index (χ0n) is 12.9. The Labute approximate surface area is 123 Å². The lowest BCUT2D eigenvalue weighted by Gasteiger charge is -2.46. The second-order valence-corrected chi connectivity index (χ2v) is 7.07. The summed E-state index contributed by atoms with van der Waals surface area (Å²) in [4.78, 5) is 14.9. The number of ether oxygens (including phenoxy) is 1. The number of likely N-dealkylation sites (tertiary alicyclic amines) is 1. The van der Waals surface area contributed by atoms with Crippen LogP contribution in [0.25, 0.3) is 0 Å². The van der Waals surface area contributed by atoms with Gasteiger partial charge >= 0.3 is 5.97 Å². The van der Waals surface area contributed by atoms with E-state index >= 15 is 0 Å². The van der Waals surface area contributed by atoms with Crippen LogP contribution in [-0.2, 0) is 9.53 Å². The average Bonchev–Trinajstić information content (AvgIpc) is 2.90. The third-order valence-corrected chi connectivity index (χ3v) is 5.93. The van der Waals surface area contributed by atoms with Gasteiger partial charge in [-0.2, -0.15) is 0 Å². The fourth-order valence-electron chi connectivity index (χ4n) is 5.11. The molecule has 114 valence electrons. The zero-order chi connectivity index (χ0) is 14.0. The van der Waals surface area contributed by atoms with E-state index in [2.05, 4.69) is 4.90 Å². The Morgan fingerprint density at radius 1 is 1.20 bits per heavy atom. The van der Waals surface area contributed by atoms with Gasteiger partial charge in [0.1, 0.15) is 0 Å². The van der Waals surface area contributed by atoms with Crippen molar-refractivity contribution in [2.24, 2.45) is 11.8 Å². The highest BCUT2D eigenvalue weighted by Gasteiger charge is 2.54. The molecular formula is C17H29NO2. The summed E-state index contributed by atoms with van der Waals surface area (Å²) in [5, 5.41) is 0. The summed E-state index contributed by atoms with van der Waals surface area (Å²) in [7, 11) is 0. The van der Waals surface area contributed by atoms with E-state index in [1.54, 1.807) is 0 Å². The summed E-state index contributed by atoms with van der Waals surface area (Å²) in [5.74, 6) is 1.65. The minimum Gasteiger partial charge on any atom is -0.466 e. The van der Waals surface area contributed by atoms with Crippen molar-refractivity contribution in [2.75, 3.05) is 19.7 Å². The predicted octanol–water partition coefficient (Wildman–Crippen LogP) is 3.37. The SMILES string of the molecule is CCOC(=O)CC1(N2CCCCCC2)CC2CCC1C2. The fourth-order valence-corrected chi connectivity index (χ4v) is 5.11. The third-order valence-electron chi connectivity index (χ3n) is 5.93. The molecule has 3 aliphatic rings. The third kappa shape index (κ3) is 2.61. The first-order valence-electron chi connectivity index (χ1n) is 8.65. The summed E-state index contributed by atoms with van der Waals surface area (Å²) in [5.41, 5.74) is 0.152. The van der Waals surface area contributed by atoms with Gasteiger partial charge in [0, 0.05) is 5.54 Å². The summed E-state index contributed by atoms with van der Waals surface area (Å²) in [6, 6.07) is 0. The lowest BCUT2D eigenvalue weighted by molar-refractivity contribution is -0.148. The highest BCUT2D eigenvalue weighted by molar-refractivity contribution is 5.71. The van der Waals surface area contributed by atoms with Crippen LogP contribution < -0.4 is 0 Å². The molecule has 1 heterocycles. The molecule has 3 heteroatoms. The first-order valence-corrected chi connectivity index (χ1v) is 8.65. The van der Waals surface area contributed by atoms with Crippen LogP contribution in [0.15, 0.2) is 0 Å². The Morgan fingerprint density at radius 2 is 1.95 bits per heavy atom. The van der Waals surface area contributed by atoms with Crippen LogP contribution in [0, 0.1) is 11.8 Å². The van der Waals surface area contributed by atoms with E-state index in [1.807, 2.05) is 6.92 Å². The fraction of sp³-hybridized carbons (Fsp3) is 0.941. The number of fused-ring (bicyclic) bond motifs is 2. The highest BCUT2D eigenvalue weighted by atomic mass is 16.5. The molecule has 1 saturated heterocycles. The molecule has 0 radical (unpaired) electrons. The lowest BCUT2D eigenvalue weighted by atomic mass is 9.76. The molecule has 0 N–H and O–H groups in total. The van der Waals surface area contributed by atoms with E-state index in [4.69, 9.17) is 4.74 Å². The Kier molecular flexibility index (Phi) is 4.34. The second kappa shape index (κ2) is 6.05. The molecule has 3 atom stereocenters. The number of hydrogen-bond donors (Lipinski definition) is 0. The predicted molar refractivity (Wildman–Crippen MR) is 79.5 cm³/mol. The molecule has 3 fully saturated rings. The number of esters is 1. The smallest absolute Gasteiger partial charge is 0.307 e. The van der Waals surface area contributed by atoms with E-state index in [0.29, 0.717) is 13.0 Å². The largest absolute Gasteiger partial charge is 0.466 e. The van der Waals surface area contributed by atoms with E-state index in [-0.39, 0.29) is 11.5 Å². The molecule has 3 nitrogen and oxygen atoms in total. The standard InChI is InChI=1S/C17H29NO2/c1-2-20-16(19)13-17(12-14-7-8-15(17)11-14)18-9-5-3-4-6-10-18/h14-15H,2-13H2,1H3. The van der Waals surface area contributed by atoms with Crippen molar-refractivity contribution in [1.82, 2.24) is 4.90 Å². The summed E-state index contributed by atoms with van der Waals surface area (Å²) < 4.78 is 5.29. The van der Waals surface area contributed by atoms with Gasteiger partial charge in [0.05, 0.1) is 13.0 Å². The summed E-state index contributed by atoms with van der Waals surface area (Å²) in [6.45, 7) is 4.82. The Balaban J connectivity index is 1.78. The van der Waals surface area contributed by atoms with Gasteiger partial charge in [-0.25, -0.2) is 0 Å². The van der Waals surface area contributed by atoms with Crippen LogP contribution >= 0.6 is 0 Å². The molecule has 0 amide bonds. The molecule has 0 spiro atoms. The number of hydrogen-bond acceptors (Lipinski definition) is 3. The van der Waals surface area contributed by atoms with Gasteiger partial charge in [0.2, 0.25) is 0 Å². The maximum absolute atomic E-state index is 12.2. The van der Waals surface area contributed by atoms with E-state index in [0.717, 1.165) is 11.8 Å². The van der Waals surface area contributed by atoms with Gasteiger partial charge < -0.3 is 4.74 Å². The van der Waals surface area contributed by atoms with Gasteiger partial charge in [0.25, 0.3) is 0 Å². The van der Waals surface area contributed by atoms with Gasteiger partial charge in [-0.1, -0.05) is 19.3 Å². The molecule has 3 unspecified atom stereocenters. The molecule has 2 saturated carbocycles. The highest BCUT2D eigenvalue weighted by Crippen LogP contribution is 2.55. The van der Waals surface area contributed by atoms with Gasteiger partial charge in [0.15, 0.2) is 0 Å². The first-order chi connectivity index (χ1) is 9.74. The van der Waals surface area contributed by atoms with Crippen LogP contribution in [0.5, 0.6) is 0 Å². The average molecular weight is 279 g/mol. The van der Waals surface area contributed by atoms with Crippen molar-refractivity contribution in [3.8, 4) is 0 Å². The lowest BCUT2D eigenvalue weighted by Crippen LogP contribution is -2.54. The molecule has 0 aromatic heterocycles. The summed E-state index contributed by atoms with van der Waals surface area (Å²) in [6.07, 6.45) is 11.3. The van der Waals surface area contributed by atoms with Crippen LogP contribution in [0.3, 0.4) is 0 Å². The van der Waals surface area contributed by atoms with Crippen molar-refractivity contribution in [1.29, 1.82) is 0 Å². The van der Waals surface area contributed by atoms with Gasteiger partial charge in [-0.3, -0.25) is 9.69 Å². The van der Waals surface area contributed by atoms with Crippen molar-refractivity contribution >= 4 is 5.97 Å². The van der Waals surface area contributed by atoms with Crippen molar-refractivity contribution < 1.29 is 9.53 Å². The van der Waals surface area contributed by atoms with E-state index in [9.17, 15) is 4.79 Å². The number of rotatable bonds is 4. The monoisotopic (exact) mass is 279 g/mol. The number of carbonyl (C=O) groups excluding carboxylic acids is 1. The van der Waals surface area contributed by atoms with Crippen LogP contribution in [0.1, 0.15) is 64.7 Å². The Hall–Kier alpha value is -0.570. The van der Waals surface area contributed by atoms with Gasteiger partial charge in [-0.15, -0.1) is 0 Å². The zero-order valence-corrected chi connectivity index (χ0v) is 12.9.